The average molecular weight is 598 g/mol. The maximum atomic E-state index is 7.82. The van der Waals surface area contributed by atoms with Crippen molar-refractivity contribution in [3.8, 4) is 0 Å². The second-order valence-electron chi connectivity index (χ2n) is 13.6. The van der Waals surface area contributed by atoms with Crippen molar-refractivity contribution in [2.75, 3.05) is 13.1 Å². The Kier molecular flexibility index (Phi) is 28.3. The van der Waals surface area contributed by atoms with Crippen LogP contribution in [0.15, 0.2) is 24.3 Å². The number of hydrogen-bond acceptors (Lipinski definition) is 2. The molecule has 0 aromatic heterocycles. The lowest BCUT2D eigenvalue weighted by molar-refractivity contribution is 0.252. The number of nitrogens with one attached hydrogen (secondary N) is 1. The van der Waals surface area contributed by atoms with Gasteiger partial charge in [-0.15, -0.1) is 0 Å². The summed E-state index contributed by atoms with van der Waals surface area (Å²) in [6.45, 7) is 7.97. The summed E-state index contributed by atoms with van der Waals surface area (Å²) in [6.07, 6.45) is 39.6. The van der Waals surface area contributed by atoms with Gasteiger partial charge in [0.2, 0.25) is 0 Å². The van der Waals surface area contributed by atoms with Gasteiger partial charge >= 0.3 is 0 Å². The fourth-order valence-electron chi connectivity index (χ4n) is 6.43. The Bertz CT molecular complexity index is 698. The van der Waals surface area contributed by atoms with E-state index >= 15 is 0 Å². The van der Waals surface area contributed by atoms with E-state index in [9.17, 15) is 0 Å². The first kappa shape index (κ1) is 39.7. The Morgan fingerprint density at radius 3 is 1.16 bits per heavy atom. The molecule has 0 aliphatic heterocycles. The largest absolute Gasteiger partial charge is 0.384 e. The summed E-state index contributed by atoms with van der Waals surface area (Å²) in [4.78, 5) is 2.67. The van der Waals surface area contributed by atoms with Crippen LogP contribution in [0.4, 0.5) is 0 Å². The van der Waals surface area contributed by atoms with Crippen molar-refractivity contribution in [1.29, 1.82) is 5.41 Å². The first-order valence-corrected chi connectivity index (χ1v) is 19.3. The number of rotatable bonds is 33. The average Bonchev–Trinajstić information content (AvgIpc) is 3.01. The third kappa shape index (κ3) is 25.7. The summed E-state index contributed by atoms with van der Waals surface area (Å²) in [5.41, 5.74) is 7.92. The number of amidine groups is 1. The van der Waals surface area contributed by atoms with E-state index in [1.165, 1.54) is 198 Å². The molecule has 0 bridgehead atoms. The van der Waals surface area contributed by atoms with Crippen LogP contribution in [-0.4, -0.2) is 23.8 Å². The molecule has 1 rings (SSSR count). The number of nitrogens with two attached hydrogens (primary N) is 1. The van der Waals surface area contributed by atoms with Crippen LogP contribution in [0, 0.1) is 5.41 Å². The zero-order valence-corrected chi connectivity index (χ0v) is 29.3. The topological polar surface area (TPSA) is 53.1 Å². The van der Waals surface area contributed by atoms with Crippen molar-refractivity contribution in [2.45, 2.75) is 200 Å². The molecule has 250 valence electrons. The van der Waals surface area contributed by atoms with Crippen LogP contribution in [0.25, 0.3) is 0 Å². The van der Waals surface area contributed by atoms with Gasteiger partial charge < -0.3 is 5.73 Å². The molecule has 0 atom stereocenters. The molecule has 0 heterocycles. The van der Waals surface area contributed by atoms with Gasteiger partial charge in [-0.05, 0) is 37.6 Å². The number of hydrogen-bond donors (Lipinski definition) is 2. The molecule has 0 unspecified atom stereocenters. The van der Waals surface area contributed by atoms with Gasteiger partial charge in [-0.3, -0.25) is 10.3 Å². The molecule has 0 aliphatic carbocycles. The highest BCUT2D eigenvalue weighted by Gasteiger charge is 2.08. The smallest absolute Gasteiger partial charge is 0.122 e. The highest BCUT2D eigenvalue weighted by Crippen LogP contribution is 2.16. The molecule has 0 fully saturated rings. The molecule has 0 saturated carbocycles. The Morgan fingerprint density at radius 1 is 0.512 bits per heavy atom. The lowest BCUT2D eigenvalue weighted by Crippen LogP contribution is -2.26. The molecule has 3 nitrogen and oxygen atoms in total. The minimum Gasteiger partial charge on any atom is -0.384 e. The predicted octanol–water partition coefficient (Wildman–Crippen LogP) is 12.7. The van der Waals surface area contributed by atoms with E-state index in [1.807, 2.05) is 6.07 Å². The zero-order chi connectivity index (χ0) is 31.1. The first-order chi connectivity index (χ1) is 21.2. The van der Waals surface area contributed by atoms with Crippen LogP contribution in [-0.2, 0) is 6.54 Å². The SMILES string of the molecule is CCCCCCCCCCCCCCCCN(CCCCCCCCCCCCCCCC)Cc1cccc(C(=N)N)c1. The van der Waals surface area contributed by atoms with Gasteiger partial charge in [0.15, 0.2) is 0 Å². The van der Waals surface area contributed by atoms with Gasteiger partial charge in [0.1, 0.15) is 5.84 Å². The third-order valence-electron chi connectivity index (χ3n) is 9.30. The summed E-state index contributed by atoms with van der Waals surface area (Å²) in [7, 11) is 0. The van der Waals surface area contributed by atoms with Crippen LogP contribution in [0.2, 0.25) is 0 Å². The van der Waals surface area contributed by atoms with Gasteiger partial charge in [-0.25, -0.2) is 0 Å². The monoisotopic (exact) mass is 598 g/mol. The van der Waals surface area contributed by atoms with Crippen LogP contribution in [0.3, 0.4) is 0 Å². The highest BCUT2D eigenvalue weighted by atomic mass is 15.1. The van der Waals surface area contributed by atoms with Crippen LogP contribution in [0.5, 0.6) is 0 Å². The van der Waals surface area contributed by atoms with Crippen LogP contribution < -0.4 is 5.73 Å². The van der Waals surface area contributed by atoms with E-state index in [1.54, 1.807) is 0 Å². The number of nitrogens with zero attached hydrogens (tertiary/aromatic N) is 1. The lowest BCUT2D eigenvalue weighted by Gasteiger charge is -2.23. The van der Waals surface area contributed by atoms with Gasteiger partial charge in [0, 0.05) is 12.1 Å². The number of unbranched alkanes of at least 4 members (excludes halogenated alkanes) is 26. The minimum atomic E-state index is 0.173. The van der Waals surface area contributed by atoms with Crippen molar-refractivity contribution >= 4 is 5.84 Å². The summed E-state index contributed by atoms with van der Waals surface area (Å²) in [5.74, 6) is 0.173. The molecular formula is C40H75N3. The van der Waals surface area contributed by atoms with Crippen LogP contribution >= 0.6 is 0 Å². The molecular weight excluding hydrogens is 522 g/mol. The maximum absolute atomic E-state index is 7.82. The highest BCUT2D eigenvalue weighted by molar-refractivity contribution is 5.95. The van der Waals surface area contributed by atoms with Gasteiger partial charge in [0.25, 0.3) is 0 Å². The van der Waals surface area contributed by atoms with Crippen molar-refractivity contribution in [3.63, 3.8) is 0 Å². The van der Waals surface area contributed by atoms with E-state index in [2.05, 4.69) is 36.9 Å². The fourth-order valence-corrected chi connectivity index (χ4v) is 6.43. The normalized spacial score (nSPS) is 11.5. The quantitative estimate of drug-likeness (QED) is 0.0481. The zero-order valence-electron chi connectivity index (χ0n) is 29.3. The Balaban J connectivity index is 2.17. The molecule has 0 aliphatic rings. The maximum Gasteiger partial charge on any atom is 0.122 e. The summed E-state index contributed by atoms with van der Waals surface area (Å²) in [5, 5.41) is 7.82. The molecule has 3 heteroatoms. The summed E-state index contributed by atoms with van der Waals surface area (Å²) >= 11 is 0. The first-order valence-electron chi connectivity index (χ1n) is 19.3. The summed E-state index contributed by atoms with van der Waals surface area (Å²) in [6, 6.07) is 8.34. The van der Waals surface area contributed by atoms with Gasteiger partial charge in [-0.1, -0.05) is 199 Å². The second-order valence-corrected chi connectivity index (χ2v) is 13.6. The molecule has 0 amide bonds. The van der Waals surface area contributed by atoms with Gasteiger partial charge in [-0.2, -0.15) is 0 Å². The van der Waals surface area contributed by atoms with E-state index in [0.717, 1.165) is 12.1 Å². The van der Waals surface area contributed by atoms with E-state index in [-0.39, 0.29) is 5.84 Å². The van der Waals surface area contributed by atoms with E-state index in [0.29, 0.717) is 0 Å². The number of nitrogen functional groups attached to an aromatic ring is 1. The second kappa shape index (κ2) is 30.7. The van der Waals surface area contributed by atoms with Crippen molar-refractivity contribution in [2.24, 2.45) is 5.73 Å². The van der Waals surface area contributed by atoms with Crippen LogP contribution in [0.1, 0.15) is 205 Å². The van der Waals surface area contributed by atoms with Crippen molar-refractivity contribution < 1.29 is 0 Å². The minimum absolute atomic E-state index is 0.173. The number of benzene rings is 1. The molecule has 0 spiro atoms. The lowest BCUT2D eigenvalue weighted by atomic mass is 10.0. The molecule has 1 aromatic carbocycles. The van der Waals surface area contributed by atoms with E-state index in [4.69, 9.17) is 11.1 Å². The summed E-state index contributed by atoms with van der Waals surface area (Å²) < 4.78 is 0. The predicted molar refractivity (Wildman–Crippen MR) is 193 cm³/mol. The Hall–Kier alpha value is -1.35. The third-order valence-corrected chi connectivity index (χ3v) is 9.30. The molecule has 0 radical (unpaired) electrons. The molecule has 0 saturated heterocycles. The molecule has 43 heavy (non-hydrogen) atoms. The molecule has 3 N–H and O–H groups in total. The van der Waals surface area contributed by atoms with Gasteiger partial charge in [0.05, 0.1) is 0 Å². The molecule has 1 aromatic rings. The Labute approximate surface area is 270 Å². The standard InChI is InChI=1S/C40H75N3/c1-3-5-7-9-11-13-15-17-19-21-23-25-27-29-34-43(37-38-32-31-33-39(36-38)40(41)42)35-30-28-26-24-22-20-18-16-14-12-10-8-6-4-2/h31-33,36H,3-30,34-35,37H2,1-2H3,(H3,41,42). The Morgan fingerprint density at radius 2 is 0.837 bits per heavy atom. The fraction of sp³-hybridized carbons (Fsp3) is 0.825. The van der Waals surface area contributed by atoms with Crippen molar-refractivity contribution in [1.82, 2.24) is 4.90 Å². The van der Waals surface area contributed by atoms with E-state index < -0.39 is 0 Å². The van der Waals surface area contributed by atoms with Crippen molar-refractivity contribution in [3.05, 3.63) is 35.4 Å².